The molecule has 0 amide bonds. The second-order valence-electron chi connectivity index (χ2n) is 11.0. The van der Waals surface area contributed by atoms with Crippen molar-refractivity contribution in [2.45, 2.75) is 84.5 Å². The summed E-state index contributed by atoms with van der Waals surface area (Å²) in [5.41, 5.74) is 1.35. The molecule has 0 unspecified atom stereocenters. The molecular formula is C37H40F4N2O. The van der Waals surface area contributed by atoms with Gasteiger partial charge in [0.15, 0.2) is 23.2 Å². The predicted octanol–water partition coefficient (Wildman–Crippen LogP) is 11.4. The van der Waals surface area contributed by atoms with Gasteiger partial charge in [0.05, 0.1) is 6.26 Å². The lowest BCUT2D eigenvalue weighted by Gasteiger charge is -2.11. The number of halogens is 4. The molecule has 0 saturated carbocycles. The molecule has 0 aliphatic rings. The molecule has 0 aliphatic carbocycles. The van der Waals surface area contributed by atoms with E-state index in [1.54, 1.807) is 30.3 Å². The Bertz CT molecular complexity index is 1520. The van der Waals surface area contributed by atoms with Gasteiger partial charge in [0.1, 0.15) is 5.82 Å². The zero-order valence-corrected chi connectivity index (χ0v) is 25.5. The molecule has 3 aromatic carbocycles. The van der Waals surface area contributed by atoms with Crippen molar-refractivity contribution in [2.24, 2.45) is 0 Å². The lowest BCUT2D eigenvalue weighted by Crippen LogP contribution is -1.98. The zero-order valence-electron chi connectivity index (χ0n) is 25.5. The third-order valence-corrected chi connectivity index (χ3v) is 7.65. The molecule has 3 nitrogen and oxygen atoms in total. The van der Waals surface area contributed by atoms with Gasteiger partial charge in [0.2, 0.25) is 5.82 Å². The monoisotopic (exact) mass is 604 g/mol. The van der Waals surface area contributed by atoms with Gasteiger partial charge < -0.3 is 4.74 Å². The van der Waals surface area contributed by atoms with Gasteiger partial charge in [0, 0.05) is 41.1 Å². The van der Waals surface area contributed by atoms with Crippen molar-refractivity contribution in [3.63, 3.8) is 0 Å². The summed E-state index contributed by atoms with van der Waals surface area (Å²) in [6, 6.07) is 12.0. The number of hydrogen-bond acceptors (Lipinski definition) is 3. The van der Waals surface area contributed by atoms with Crippen LogP contribution < -0.4 is 4.74 Å². The van der Waals surface area contributed by atoms with Crippen LogP contribution in [0.1, 0.15) is 83.9 Å². The fraction of sp³-hybridized carbons (Fsp3) is 0.351. The summed E-state index contributed by atoms with van der Waals surface area (Å²) in [7, 11) is 0. The summed E-state index contributed by atoms with van der Waals surface area (Å²) in [6.07, 6.45) is 18.3. The topological polar surface area (TPSA) is 35.0 Å². The molecule has 0 N–H and O–H groups in total. The molecule has 4 rings (SSSR count). The summed E-state index contributed by atoms with van der Waals surface area (Å²) in [6.45, 7) is 4.21. The fourth-order valence-electron chi connectivity index (χ4n) is 5.07. The molecule has 0 radical (unpaired) electrons. The Kier molecular flexibility index (Phi) is 12.5. The van der Waals surface area contributed by atoms with Crippen molar-refractivity contribution < 1.29 is 22.3 Å². The lowest BCUT2D eigenvalue weighted by molar-refractivity contribution is 0.414. The van der Waals surface area contributed by atoms with Crippen LogP contribution in [-0.4, -0.2) is 9.97 Å². The fourth-order valence-corrected chi connectivity index (χ4v) is 5.07. The van der Waals surface area contributed by atoms with E-state index in [9.17, 15) is 8.78 Å². The standard InChI is InChI=1S/C37H40F4N2O/c1-3-5-7-8-9-10-11-12-14-33-42-24-28(25-43-33)31-20-19-29(34(38)35(31)39)26-15-17-27(18-16-26)30-21-22-32(37(41)36(30)40)44-23-13-6-4-2/h13,15-25H,3-12,14H2,1-2H3/b23-13-. The summed E-state index contributed by atoms with van der Waals surface area (Å²) in [4.78, 5) is 8.75. The molecule has 0 spiro atoms. The summed E-state index contributed by atoms with van der Waals surface area (Å²) in [5.74, 6) is -3.67. The molecule has 1 heterocycles. The van der Waals surface area contributed by atoms with Gasteiger partial charge in [-0.1, -0.05) is 102 Å². The molecule has 1 aromatic heterocycles. The van der Waals surface area contributed by atoms with Gasteiger partial charge in [-0.2, -0.15) is 4.39 Å². The van der Waals surface area contributed by atoms with E-state index in [2.05, 4.69) is 16.9 Å². The van der Waals surface area contributed by atoms with Crippen LogP contribution in [0.2, 0.25) is 0 Å². The van der Waals surface area contributed by atoms with E-state index in [1.807, 2.05) is 6.92 Å². The van der Waals surface area contributed by atoms with Crippen LogP contribution in [-0.2, 0) is 6.42 Å². The Hall–Kier alpha value is -4.00. The zero-order chi connectivity index (χ0) is 31.3. The maximum absolute atomic E-state index is 15.2. The van der Waals surface area contributed by atoms with Crippen LogP contribution in [0.15, 0.2) is 73.3 Å². The molecule has 0 atom stereocenters. The third kappa shape index (κ3) is 8.55. The SMILES string of the molecule is CCC/C=C\Oc1ccc(-c2ccc(-c3ccc(-c4cnc(CCCCCCCCCC)nc4)c(F)c3F)cc2)c(F)c1F. The van der Waals surface area contributed by atoms with Crippen molar-refractivity contribution in [2.75, 3.05) is 0 Å². The number of aryl methyl sites for hydroxylation is 1. The first kappa shape index (κ1) is 32.9. The average molecular weight is 605 g/mol. The second-order valence-corrected chi connectivity index (χ2v) is 11.0. The Morgan fingerprint density at radius 2 is 1.07 bits per heavy atom. The van der Waals surface area contributed by atoms with Gasteiger partial charge in [0.25, 0.3) is 0 Å². The minimum absolute atomic E-state index is 0.0341. The summed E-state index contributed by atoms with van der Waals surface area (Å²) in [5, 5.41) is 0. The number of benzene rings is 3. The Labute approximate surface area is 258 Å². The maximum Gasteiger partial charge on any atom is 0.201 e. The van der Waals surface area contributed by atoms with Crippen molar-refractivity contribution in [1.29, 1.82) is 0 Å². The smallest absolute Gasteiger partial charge is 0.201 e. The molecule has 0 bridgehead atoms. The molecule has 0 saturated heterocycles. The minimum Gasteiger partial charge on any atom is -0.462 e. The van der Waals surface area contributed by atoms with E-state index < -0.39 is 23.3 Å². The van der Waals surface area contributed by atoms with Gasteiger partial charge in [-0.3, -0.25) is 0 Å². The molecule has 232 valence electrons. The number of allylic oxidation sites excluding steroid dienone is 1. The van der Waals surface area contributed by atoms with Crippen molar-refractivity contribution >= 4 is 0 Å². The van der Waals surface area contributed by atoms with E-state index in [0.717, 1.165) is 32.1 Å². The molecule has 4 aromatic rings. The van der Waals surface area contributed by atoms with Crippen LogP contribution in [0.4, 0.5) is 17.6 Å². The second kappa shape index (κ2) is 16.7. The number of unbranched alkanes of at least 4 members (excludes halogenated alkanes) is 8. The van der Waals surface area contributed by atoms with Crippen molar-refractivity contribution in [3.05, 3.63) is 102 Å². The highest BCUT2D eigenvalue weighted by Crippen LogP contribution is 2.34. The van der Waals surface area contributed by atoms with Crippen LogP contribution >= 0.6 is 0 Å². The molecule has 7 heteroatoms. The number of ether oxygens (including phenoxy) is 1. The summed E-state index contributed by atoms with van der Waals surface area (Å²) >= 11 is 0. The van der Waals surface area contributed by atoms with E-state index in [-0.39, 0.29) is 22.4 Å². The van der Waals surface area contributed by atoms with Crippen molar-refractivity contribution in [3.8, 4) is 39.1 Å². The van der Waals surface area contributed by atoms with Gasteiger partial charge in [-0.15, -0.1) is 0 Å². The van der Waals surface area contributed by atoms with Crippen LogP contribution in [0.25, 0.3) is 33.4 Å². The number of rotatable bonds is 16. The lowest BCUT2D eigenvalue weighted by atomic mass is 9.97. The first-order valence-corrected chi connectivity index (χ1v) is 15.6. The highest BCUT2D eigenvalue weighted by Gasteiger charge is 2.18. The molecule has 0 fully saturated rings. The van der Waals surface area contributed by atoms with E-state index >= 15 is 8.78 Å². The van der Waals surface area contributed by atoms with Crippen LogP contribution in [0.3, 0.4) is 0 Å². The van der Waals surface area contributed by atoms with Crippen LogP contribution in [0, 0.1) is 23.3 Å². The Morgan fingerprint density at radius 1 is 0.568 bits per heavy atom. The molecular weight excluding hydrogens is 564 g/mol. The Balaban J connectivity index is 1.40. The first-order chi connectivity index (χ1) is 21.4. The Morgan fingerprint density at radius 3 is 1.64 bits per heavy atom. The van der Waals surface area contributed by atoms with E-state index in [4.69, 9.17) is 4.74 Å². The number of hydrogen-bond donors (Lipinski definition) is 0. The summed E-state index contributed by atoms with van der Waals surface area (Å²) < 4.78 is 65.1. The predicted molar refractivity (Wildman–Crippen MR) is 169 cm³/mol. The van der Waals surface area contributed by atoms with Crippen molar-refractivity contribution in [1.82, 2.24) is 9.97 Å². The third-order valence-electron chi connectivity index (χ3n) is 7.65. The molecule has 0 aliphatic heterocycles. The van der Waals surface area contributed by atoms with Crippen LogP contribution in [0.5, 0.6) is 5.75 Å². The quantitative estimate of drug-likeness (QED) is 0.0725. The van der Waals surface area contributed by atoms with Gasteiger partial charge in [-0.25, -0.2) is 23.1 Å². The first-order valence-electron chi connectivity index (χ1n) is 15.6. The van der Waals surface area contributed by atoms with E-state index in [1.165, 1.54) is 81.4 Å². The number of nitrogens with zero attached hydrogens (tertiary/aromatic N) is 2. The number of aromatic nitrogens is 2. The highest BCUT2D eigenvalue weighted by atomic mass is 19.2. The maximum atomic E-state index is 15.2. The minimum atomic E-state index is -1.10. The normalized spacial score (nSPS) is 11.4. The van der Waals surface area contributed by atoms with E-state index in [0.29, 0.717) is 22.5 Å². The van der Waals surface area contributed by atoms with Gasteiger partial charge in [-0.05, 0) is 42.2 Å². The highest BCUT2D eigenvalue weighted by molar-refractivity contribution is 5.74. The average Bonchev–Trinajstić information content (AvgIpc) is 3.04. The molecule has 44 heavy (non-hydrogen) atoms. The van der Waals surface area contributed by atoms with Gasteiger partial charge >= 0.3 is 0 Å². The largest absolute Gasteiger partial charge is 0.462 e.